The van der Waals surface area contributed by atoms with Crippen molar-refractivity contribution in [2.45, 2.75) is 6.92 Å². The largest absolute Gasteiger partial charge is 0.452 e. The maximum Gasteiger partial charge on any atom is 0.340 e. The van der Waals surface area contributed by atoms with Crippen LogP contribution in [0.2, 0.25) is 20.2 Å². The van der Waals surface area contributed by atoms with Crippen LogP contribution in [0, 0.1) is 6.92 Å². The molecule has 0 spiro atoms. The second-order valence-electron chi connectivity index (χ2n) is 4.67. The Morgan fingerprint density at radius 3 is 2.54 bits per heavy atom. The van der Waals surface area contributed by atoms with Crippen molar-refractivity contribution in [1.29, 1.82) is 0 Å². The van der Waals surface area contributed by atoms with Crippen LogP contribution in [0.15, 0.2) is 24.4 Å². The molecule has 1 aromatic carbocycles. The summed E-state index contributed by atoms with van der Waals surface area (Å²) in [5.74, 6) is -1.36. The third-order valence-electron chi connectivity index (χ3n) is 2.91. The number of hydrogen-bond acceptors (Lipinski definition) is 4. The number of pyridine rings is 1. The number of amides is 1. The van der Waals surface area contributed by atoms with E-state index in [1.807, 2.05) is 0 Å². The molecule has 1 aromatic heterocycles. The second kappa shape index (κ2) is 8.03. The molecule has 1 amide bonds. The summed E-state index contributed by atoms with van der Waals surface area (Å²) < 4.78 is 4.89. The molecule has 5 nitrogen and oxygen atoms in total. The second-order valence-corrected chi connectivity index (χ2v) is 6.22. The highest BCUT2D eigenvalue weighted by atomic mass is 35.5. The van der Waals surface area contributed by atoms with Crippen molar-refractivity contribution in [2.24, 2.45) is 0 Å². The number of anilines is 1. The maximum atomic E-state index is 11.9. The van der Waals surface area contributed by atoms with Crippen molar-refractivity contribution in [1.82, 2.24) is 4.98 Å². The zero-order chi connectivity index (χ0) is 17.9. The zero-order valence-electron chi connectivity index (χ0n) is 12.2. The maximum absolute atomic E-state index is 11.9. The van der Waals surface area contributed by atoms with E-state index in [0.717, 1.165) is 5.56 Å². The van der Waals surface area contributed by atoms with E-state index in [0.29, 0.717) is 5.02 Å². The highest BCUT2D eigenvalue weighted by Crippen LogP contribution is 2.32. The van der Waals surface area contributed by atoms with Gasteiger partial charge in [0.15, 0.2) is 6.61 Å². The quantitative estimate of drug-likeness (QED) is 0.583. The smallest absolute Gasteiger partial charge is 0.340 e. The average Bonchev–Trinajstić information content (AvgIpc) is 2.55. The predicted molar refractivity (Wildman–Crippen MR) is 94.4 cm³/mol. The van der Waals surface area contributed by atoms with Gasteiger partial charge in [-0.1, -0.05) is 52.5 Å². The van der Waals surface area contributed by atoms with E-state index in [4.69, 9.17) is 51.1 Å². The van der Waals surface area contributed by atoms with Crippen LogP contribution in [-0.4, -0.2) is 23.5 Å². The molecule has 0 aliphatic carbocycles. The van der Waals surface area contributed by atoms with Crippen molar-refractivity contribution in [3.8, 4) is 0 Å². The first-order valence-corrected chi connectivity index (χ1v) is 8.03. The van der Waals surface area contributed by atoms with E-state index >= 15 is 0 Å². The van der Waals surface area contributed by atoms with Gasteiger partial charge in [-0.15, -0.1) is 0 Å². The molecule has 1 N–H and O–H groups in total. The number of esters is 1. The molecule has 0 radical (unpaired) electrons. The van der Waals surface area contributed by atoms with Crippen LogP contribution in [0.5, 0.6) is 0 Å². The third-order valence-corrected chi connectivity index (χ3v) is 4.40. The Hall–Kier alpha value is -1.53. The summed E-state index contributed by atoms with van der Waals surface area (Å²) in [6.07, 6.45) is 1.20. The molecule has 126 valence electrons. The van der Waals surface area contributed by atoms with Crippen molar-refractivity contribution in [3.63, 3.8) is 0 Å². The summed E-state index contributed by atoms with van der Waals surface area (Å²) in [6, 6.07) is 4.62. The fourth-order valence-electron chi connectivity index (χ4n) is 1.69. The lowest BCUT2D eigenvalue weighted by molar-refractivity contribution is -0.119. The lowest BCUT2D eigenvalue weighted by Crippen LogP contribution is -2.21. The van der Waals surface area contributed by atoms with Crippen LogP contribution < -0.4 is 5.32 Å². The van der Waals surface area contributed by atoms with Gasteiger partial charge >= 0.3 is 5.97 Å². The van der Waals surface area contributed by atoms with Gasteiger partial charge < -0.3 is 10.1 Å². The number of nitrogens with one attached hydrogen (secondary N) is 1. The summed E-state index contributed by atoms with van der Waals surface area (Å²) in [6.45, 7) is 1.24. The van der Waals surface area contributed by atoms with Crippen LogP contribution in [0.4, 0.5) is 5.69 Å². The molecule has 0 fully saturated rings. The number of benzene rings is 1. The molecular weight excluding hydrogens is 398 g/mol. The minimum Gasteiger partial charge on any atom is -0.452 e. The fourth-order valence-corrected chi connectivity index (χ4v) is 2.43. The average molecular weight is 408 g/mol. The number of carbonyl (C=O) groups is 2. The van der Waals surface area contributed by atoms with Crippen LogP contribution in [-0.2, 0) is 9.53 Å². The van der Waals surface area contributed by atoms with Gasteiger partial charge in [0.25, 0.3) is 5.91 Å². The summed E-state index contributed by atoms with van der Waals surface area (Å²) in [5, 5.41) is 3.27. The molecule has 0 aliphatic heterocycles. The van der Waals surface area contributed by atoms with E-state index in [1.165, 1.54) is 12.3 Å². The molecule has 2 rings (SSSR count). The Balaban J connectivity index is 2.00. The molecule has 2 aromatic rings. The van der Waals surface area contributed by atoms with Crippen LogP contribution in [0.25, 0.3) is 0 Å². The van der Waals surface area contributed by atoms with Gasteiger partial charge in [0.05, 0.1) is 26.3 Å². The Labute approximate surface area is 157 Å². The Bertz CT molecular complexity index is 812. The monoisotopic (exact) mass is 406 g/mol. The van der Waals surface area contributed by atoms with E-state index < -0.39 is 18.5 Å². The van der Waals surface area contributed by atoms with Gasteiger partial charge in [-0.3, -0.25) is 4.79 Å². The molecule has 0 saturated carbocycles. The number of nitrogens with zero attached hydrogens (tertiary/aromatic N) is 1. The molecule has 0 bridgehead atoms. The third kappa shape index (κ3) is 4.51. The normalized spacial score (nSPS) is 10.4. The van der Waals surface area contributed by atoms with Gasteiger partial charge in [0.1, 0.15) is 5.15 Å². The number of ether oxygens (including phenoxy) is 1. The van der Waals surface area contributed by atoms with Crippen molar-refractivity contribution < 1.29 is 14.3 Å². The molecule has 0 saturated heterocycles. The highest BCUT2D eigenvalue weighted by Gasteiger charge is 2.15. The Morgan fingerprint density at radius 2 is 1.88 bits per heavy atom. The first-order chi connectivity index (χ1) is 11.3. The summed E-state index contributed by atoms with van der Waals surface area (Å²) in [7, 11) is 0. The number of halogens is 4. The number of rotatable bonds is 4. The predicted octanol–water partition coefficient (Wildman–Crippen LogP) is 4.80. The van der Waals surface area contributed by atoms with Gasteiger partial charge in [-0.05, 0) is 24.6 Å². The van der Waals surface area contributed by atoms with Gasteiger partial charge in [-0.2, -0.15) is 0 Å². The molecule has 0 aliphatic rings. The molecule has 9 heteroatoms. The molecule has 0 unspecified atom stereocenters. The SMILES string of the molecule is Cc1ccc(Cl)c(NC(=O)COC(=O)c2cnc(Cl)c(Cl)c2)c1Cl. The first kappa shape index (κ1) is 18.8. The Kier molecular flexibility index (Phi) is 6.29. The summed E-state index contributed by atoms with van der Waals surface area (Å²) in [4.78, 5) is 27.5. The molecule has 24 heavy (non-hydrogen) atoms. The van der Waals surface area contributed by atoms with Crippen molar-refractivity contribution in [3.05, 3.63) is 55.7 Å². The zero-order valence-corrected chi connectivity index (χ0v) is 15.2. The van der Waals surface area contributed by atoms with Crippen molar-refractivity contribution >= 4 is 64.0 Å². The van der Waals surface area contributed by atoms with Gasteiger partial charge in [0, 0.05) is 6.20 Å². The number of carbonyl (C=O) groups excluding carboxylic acids is 2. The lowest BCUT2D eigenvalue weighted by Gasteiger charge is -2.11. The standard InChI is InChI=1S/C15H10Cl4N2O3/c1-7-2-3-9(16)13(12(7)18)21-11(22)6-24-15(23)8-4-10(17)14(19)20-5-8/h2-5H,6H2,1H3,(H,21,22). The molecule has 0 atom stereocenters. The molecule has 1 heterocycles. The van der Waals surface area contributed by atoms with Gasteiger partial charge in [0.2, 0.25) is 0 Å². The number of aryl methyl sites for hydroxylation is 1. The topological polar surface area (TPSA) is 68.3 Å². The first-order valence-electron chi connectivity index (χ1n) is 6.52. The van der Waals surface area contributed by atoms with E-state index in [2.05, 4.69) is 10.3 Å². The number of aromatic nitrogens is 1. The van der Waals surface area contributed by atoms with E-state index in [-0.39, 0.29) is 26.4 Å². The fraction of sp³-hybridized carbons (Fsp3) is 0.133. The highest BCUT2D eigenvalue weighted by molar-refractivity contribution is 6.41. The summed E-state index contributed by atoms with van der Waals surface area (Å²) >= 11 is 23.5. The summed E-state index contributed by atoms with van der Waals surface area (Å²) in [5.41, 5.74) is 1.08. The van der Waals surface area contributed by atoms with E-state index in [1.54, 1.807) is 19.1 Å². The lowest BCUT2D eigenvalue weighted by atomic mass is 10.2. The van der Waals surface area contributed by atoms with Crippen molar-refractivity contribution in [2.75, 3.05) is 11.9 Å². The minimum atomic E-state index is -0.766. The minimum absolute atomic E-state index is 0.0645. The number of hydrogen-bond donors (Lipinski definition) is 1. The van der Waals surface area contributed by atoms with Gasteiger partial charge in [-0.25, -0.2) is 9.78 Å². The van der Waals surface area contributed by atoms with E-state index in [9.17, 15) is 9.59 Å². The Morgan fingerprint density at radius 1 is 1.17 bits per heavy atom. The van der Waals surface area contributed by atoms with Crippen LogP contribution in [0.1, 0.15) is 15.9 Å². The van der Waals surface area contributed by atoms with Crippen LogP contribution in [0.3, 0.4) is 0 Å². The molecular formula is C15H10Cl4N2O3. The van der Waals surface area contributed by atoms with Crippen LogP contribution >= 0.6 is 46.4 Å².